The van der Waals surface area contributed by atoms with Gasteiger partial charge in [-0.3, -0.25) is 9.36 Å². The zero-order valence-electron chi connectivity index (χ0n) is 13.1. The average molecular weight is 370 g/mol. The second kappa shape index (κ2) is 6.87. The van der Waals surface area contributed by atoms with E-state index in [4.69, 9.17) is 9.52 Å². The maximum atomic E-state index is 13.3. The fourth-order valence-corrected chi connectivity index (χ4v) is 4.35. The standard InChI is InChI=1S/C18H14N2O3S2/c21-8-10-24-18-19-16-15(13(11-25-16)14-7-4-9-23-14)17(22)20(18)12-5-2-1-3-6-12/h1-7,9,11,21H,8,10H2. The predicted octanol–water partition coefficient (Wildman–Crippen LogP) is 3.79. The molecule has 4 rings (SSSR count). The van der Waals surface area contributed by atoms with Crippen LogP contribution in [0.3, 0.4) is 0 Å². The number of thioether (sulfide) groups is 1. The molecule has 5 nitrogen and oxygen atoms in total. The number of fused-ring (bicyclic) bond motifs is 1. The molecule has 1 N–H and O–H groups in total. The highest BCUT2D eigenvalue weighted by molar-refractivity contribution is 7.99. The predicted molar refractivity (Wildman–Crippen MR) is 101 cm³/mol. The molecule has 0 spiro atoms. The van der Waals surface area contributed by atoms with E-state index in [2.05, 4.69) is 4.98 Å². The molecule has 0 unspecified atom stereocenters. The summed E-state index contributed by atoms with van der Waals surface area (Å²) in [5.74, 6) is 1.13. The van der Waals surface area contributed by atoms with Crippen molar-refractivity contribution in [1.82, 2.24) is 9.55 Å². The summed E-state index contributed by atoms with van der Waals surface area (Å²) in [5, 5.41) is 12.2. The summed E-state index contributed by atoms with van der Waals surface area (Å²) >= 11 is 2.78. The Morgan fingerprint density at radius 3 is 2.76 bits per heavy atom. The Labute approximate surface area is 151 Å². The summed E-state index contributed by atoms with van der Waals surface area (Å²) in [4.78, 5) is 18.6. The summed E-state index contributed by atoms with van der Waals surface area (Å²) in [6.07, 6.45) is 1.59. The molecule has 0 aliphatic heterocycles. The lowest BCUT2D eigenvalue weighted by Gasteiger charge is -2.11. The molecule has 126 valence electrons. The molecule has 3 heterocycles. The Balaban J connectivity index is 2.01. The number of furan rings is 1. The Kier molecular flexibility index (Phi) is 4.44. The van der Waals surface area contributed by atoms with E-state index in [-0.39, 0.29) is 12.2 Å². The van der Waals surface area contributed by atoms with Gasteiger partial charge in [0.2, 0.25) is 0 Å². The minimum absolute atomic E-state index is 0.0233. The lowest BCUT2D eigenvalue weighted by Crippen LogP contribution is -2.21. The van der Waals surface area contributed by atoms with Crippen LogP contribution in [-0.4, -0.2) is 27.0 Å². The van der Waals surface area contributed by atoms with Crippen molar-refractivity contribution in [2.75, 3.05) is 12.4 Å². The maximum absolute atomic E-state index is 13.3. The first-order valence-corrected chi connectivity index (χ1v) is 9.53. The molecule has 3 aromatic heterocycles. The third-order valence-corrected chi connectivity index (χ3v) is 5.49. The van der Waals surface area contributed by atoms with Crippen LogP contribution in [0.15, 0.2) is 68.5 Å². The van der Waals surface area contributed by atoms with Crippen LogP contribution in [-0.2, 0) is 0 Å². The van der Waals surface area contributed by atoms with Gasteiger partial charge in [0.1, 0.15) is 10.6 Å². The number of para-hydroxylation sites is 1. The van der Waals surface area contributed by atoms with Gasteiger partial charge in [-0.15, -0.1) is 11.3 Å². The van der Waals surface area contributed by atoms with Gasteiger partial charge in [-0.05, 0) is 24.3 Å². The highest BCUT2D eigenvalue weighted by Crippen LogP contribution is 2.33. The lowest BCUT2D eigenvalue weighted by molar-refractivity contribution is 0.322. The molecule has 0 saturated carbocycles. The number of benzene rings is 1. The second-order valence-corrected chi connectivity index (χ2v) is 7.17. The second-order valence-electron chi connectivity index (χ2n) is 5.25. The van der Waals surface area contributed by atoms with E-state index in [0.717, 1.165) is 11.3 Å². The van der Waals surface area contributed by atoms with Crippen molar-refractivity contribution in [3.05, 3.63) is 64.5 Å². The number of hydrogen-bond acceptors (Lipinski definition) is 6. The molecular weight excluding hydrogens is 356 g/mol. The van der Waals surface area contributed by atoms with Gasteiger partial charge in [-0.2, -0.15) is 0 Å². The third kappa shape index (κ3) is 2.90. The number of rotatable bonds is 5. The highest BCUT2D eigenvalue weighted by Gasteiger charge is 2.19. The molecule has 0 amide bonds. The van der Waals surface area contributed by atoms with Crippen molar-refractivity contribution in [2.45, 2.75) is 5.16 Å². The van der Waals surface area contributed by atoms with Crippen molar-refractivity contribution in [3.63, 3.8) is 0 Å². The molecule has 0 bridgehead atoms. The van der Waals surface area contributed by atoms with Crippen LogP contribution in [0.25, 0.3) is 27.2 Å². The molecule has 25 heavy (non-hydrogen) atoms. The van der Waals surface area contributed by atoms with Crippen molar-refractivity contribution in [2.24, 2.45) is 0 Å². The van der Waals surface area contributed by atoms with Gasteiger partial charge in [0.25, 0.3) is 5.56 Å². The fraction of sp³-hybridized carbons (Fsp3) is 0.111. The molecule has 0 atom stereocenters. The van der Waals surface area contributed by atoms with Gasteiger partial charge in [0, 0.05) is 16.7 Å². The molecule has 7 heteroatoms. The number of aliphatic hydroxyl groups excluding tert-OH is 1. The van der Waals surface area contributed by atoms with Gasteiger partial charge < -0.3 is 9.52 Å². The van der Waals surface area contributed by atoms with E-state index in [1.165, 1.54) is 23.1 Å². The van der Waals surface area contributed by atoms with Crippen molar-refractivity contribution < 1.29 is 9.52 Å². The quantitative estimate of drug-likeness (QED) is 0.428. The van der Waals surface area contributed by atoms with E-state index >= 15 is 0 Å². The average Bonchev–Trinajstić information content (AvgIpc) is 3.30. The highest BCUT2D eigenvalue weighted by atomic mass is 32.2. The summed E-state index contributed by atoms with van der Waals surface area (Å²) < 4.78 is 7.07. The van der Waals surface area contributed by atoms with E-state index in [1.54, 1.807) is 16.9 Å². The van der Waals surface area contributed by atoms with E-state index in [9.17, 15) is 4.79 Å². The van der Waals surface area contributed by atoms with E-state index < -0.39 is 0 Å². The smallest absolute Gasteiger partial charge is 0.268 e. The first-order chi connectivity index (χ1) is 12.3. The maximum Gasteiger partial charge on any atom is 0.268 e. The van der Waals surface area contributed by atoms with Gasteiger partial charge in [-0.1, -0.05) is 30.0 Å². The molecule has 1 aromatic carbocycles. The first-order valence-electron chi connectivity index (χ1n) is 7.67. The Morgan fingerprint density at radius 1 is 1.20 bits per heavy atom. The van der Waals surface area contributed by atoms with Gasteiger partial charge in [-0.25, -0.2) is 4.98 Å². The Morgan fingerprint density at radius 2 is 2.04 bits per heavy atom. The van der Waals surface area contributed by atoms with E-state index in [1.807, 2.05) is 41.8 Å². The topological polar surface area (TPSA) is 68.3 Å². The molecule has 0 radical (unpaired) electrons. The summed E-state index contributed by atoms with van der Waals surface area (Å²) in [7, 11) is 0. The largest absolute Gasteiger partial charge is 0.464 e. The zero-order chi connectivity index (χ0) is 17.2. The number of thiophene rings is 1. The lowest BCUT2D eigenvalue weighted by atomic mass is 10.2. The summed E-state index contributed by atoms with van der Waals surface area (Å²) in [6.45, 7) is 0.0233. The summed E-state index contributed by atoms with van der Waals surface area (Å²) in [5.41, 5.74) is 1.37. The molecule has 0 saturated heterocycles. The van der Waals surface area contributed by atoms with Gasteiger partial charge in [0.15, 0.2) is 5.16 Å². The van der Waals surface area contributed by atoms with Crippen LogP contribution in [0, 0.1) is 0 Å². The Bertz CT molecular complexity index is 1050. The minimum atomic E-state index is -0.135. The monoisotopic (exact) mass is 370 g/mol. The van der Waals surface area contributed by atoms with Crippen molar-refractivity contribution >= 4 is 33.3 Å². The van der Waals surface area contributed by atoms with Crippen LogP contribution in [0.2, 0.25) is 0 Å². The summed E-state index contributed by atoms with van der Waals surface area (Å²) in [6, 6.07) is 13.0. The van der Waals surface area contributed by atoms with Crippen LogP contribution >= 0.6 is 23.1 Å². The van der Waals surface area contributed by atoms with Crippen LogP contribution in [0.5, 0.6) is 0 Å². The van der Waals surface area contributed by atoms with Crippen LogP contribution in [0.1, 0.15) is 0 Å². The molecule has 0 aliphatic rings. The van der Waals surface area contributed by atoms with E-state index in [0.29, 0.717) is 26.9 Å². The fourth-order valence-electron chi connectivity index (χ4n) is 2.62. The number of aromatic nitrogens is 2. The first kappa shape index (κ1) is 16.1. The third-order valence-electron chi connectivity index (χ3n) is 3.70. The number of aliphatic hydroxyl groups is 1. The Hall–Kier alpha value is -2.35. The van der Waals surface area contributed by atoms with Crippen LogP contribution < -0.4 is 5.56 Å². The van der Waals surface area contributed by atoms with Gasteiger partial charge in [0.05, 0.1) is 23.9 Å². The van der Waals surface area contributed by atoms with Crippen molar-refractivity contribution in [1.29, 1.82) is 0 Å². The molecule has 0 fully saturated rings. The number of hydrogen-bond donors (Lipinski definition) is 1. The SMILES string of the molecule is O=c1c2c(-c3ccco3)csc2nc(SCCO)n1-c1ccccc1. The minimum Gasteiger partial charge on any atom is -0.464 e. The van der Waals surface area contributed by atoms with Crippen molar-refractivity contribution in [3.8, 4) is 17.0 Å². The van der Waals surface area contributed by atoms with Gasteiger partial charge >= 0.3 is 0 Å². The van der Waals surface area contributed by atoms with Crippen LogP contribution in [0.4, 0.5) is 0 Å². The normalized spacial score (nSPS) is 11.2. The molecular formula is C18H14N2O3S2. The zero-order valence-corrected chi connectivity index (χ0v) is 14.7. The molecule has 4 aromatic rings. The number of nitrogens with zero attached hydrogens (tertiary/aromatic N) is 2. The molecule has 0 aliphatic carbocycles.